The number of aldehydes is 1. The molecule has 4 nitrogen and oxygen atoms in total. The molecule has 0 unspecified atom stereocenters. The van der Waals surface area contributed by atoms with E-state index in [0.29, 0.717) is 11.4 Å². The first-order valence-electron chi connectivity index (χ1n) is 7.80. The SMILES string of the molecule is COc1ccc(C(C)C)[n+](O)c1C1=C(C=O)CC(C)(C)CC1. The molecule has 1 aromatic heterocycles. The first kappa shape index (κ1) is 16.5. The minimum atomic E-state index is 0.114. The van der Waals surface area contributed by atoms with Crippen molar-refractivity contribution in [1.29, 1.82) is 0 Å². The number of aromatic nitrogens is 1. The lowest BCUT2D eigenvalue weighted by molar-refractivity contribution is -0.911. The van der Waals surface area contributed by atoms with Gasteiger partial charge in [0.15, 0.2) is 5.75 Å². The quantitative estimate of drug-likeness (QED) is 0.526. The number of allylic oxidation sites excluding steroid dienone is 2. The van der Waals surface area contributed by atoms with Crippen molar-refractivity contribution in [3.05, 3.63) is 29.1 Å². The van der Waals surface area contributed by atoms with Crippen molar-refractivity contribution in [2.45, 2.75) is 52.9 Å². The molecular weight excluding hydrogens is 278 g/mol. The lowest BCUT2D eigenvalue weighted by atomic mass is 9.74. The third-order valence-corrected chi connectivity index (χ3v) is 4.44. The topological polar surface area (TPSA) is 50.4 Å². The van der Waals surface area contributed by atoms with E-state index in [1.807, 2.05) is 26.0 Å². The van der Waals surface area contributed by atoms with Crippen LogP contribution in [0.5, 0.6) is 5.75 Å². The van der Waals surface area contributed by atoms with Gasteiger partial charge < -0.3 is 4.74 Å². The number of methoxy groups -OCH3 is 1. The highest BCUT2D eigenvalue weighted by Crippen LogP contribution is 2.42. The van der Waals surface area contributed by atoms with E-state index >= 15 is 0 Å². The van der Waals surface area contributed by atoms with E-state index in [9.17, 15) is 10.0 Å². The van der Waals surface area contributed by atoms with E-state index in [2.05, 4.69) is 13.8 Å². The van der Waals surface area contributed by atoms with Crippen molar-refractivity contribution in [1.82, 2.24) is 0 Å². The van der Waals surface area contributed by atoms with Gasteiger partial charge in [0.2, 0.25) is 5.69 Å². The first-order chi connectivity index (χ1) is 10.3. The Morgan fingerprint density at radius 1 is 1.36 bits per heavy atom. The number of nitrogens with zero attached hydrogens (tertiary/aromatic N) is 1. The zero-order valence-electron chi connectivity index (χ0n) is 14.1. The summed E-state index contributed by atoms with van der Waals surface area (Å²) in [6, 6.07) is 3.73. The van der Waals surface area contributed by atoms with Gasteiger partial charge in [-0.2, -0.15) is 0 Å². The largest absolute Gasteiger partial charge is 0.490 e. The number of hydrogen-bond donors (Lipinski definition) is 1. The van der Waals surface area contributed by atoms with Crippen LogP contribution >= 0.6 is 0 Å². The fourth-order valence-electron chi connectivity index (χ4n) is 3.14. The zero-order valence-corrected chi connectivity index (χ0v) is 14.1. The van der Waals surface area contributed by atoms with Gasteiger partial charge in [0.25, 0.3) is 0 Å². The maximum Gasteiger partial charge on any atom is 0.302 e. The smallest absolute Gasteiger partial charge is 0.302 e. The van der Waals surface area contributed by atoms with Crippen LogP contribution in [0.2, 0.25) is 0 Å². The molecule has 1 aliphatic rings. The second kappa shape index (κ2) is 6.11. The number of carbonyl (C=O) groups is 1. The Bertz CT molecular complexity index is 615. The molecule has 0 fully saturated rings. The van der Waals surface area contributed by atoms with Crippen LogP contribution in [0, 0.1) is 5.41 Å². The first-order valence-corrected chi connectivity index (χ1v) is 7.80. The Labute approximate surface area is 132 Å². The molecule has 120 valence electrons. The van der Waals surface area contributed by atoms with E-state index in [0.717, 1.165) is 42.4 Å². The molecule has 2 rings (SSSR count). The molecule has 0 radical (unpaired) electrons. The summed E-state index contributed by atoms with van der Waals surface area (Å²) in [6.07, 6.45) is 3.40. The molecule has 0 saturated heterocycles. The summed E-state index contributed by atoms with van der Waals surface area (Å²) in [5.74, 6) is 0.774. The van der Waals surface area contributed by atoms with Gasteiger partial charge in [-0.15, -0.1) is 0 Å². The molecule has 0 aliphatic heterocycles. The molecule has 0 atom stereocenters. The van der Waals surface area contributed by atoms with Crippen molar-refractivity contribution in [2.24, 2.45) is 5.41 Å². The molecule has 1 aromatic rings. The Balaban J connectivity index is 2.67. The van der Waals surface area contributed by atoms with Crippen LogP contribution in [0.25, 0.3) is 5.57 Å². The molecule has 1 heterocycles. The van der Waals surface area contributed by atoms with Crippen molar-refractivity contribution in [2.75, 3.05) is 7.11 Å². The monoisotopic (exact) mass is 304 g/mol. The van der Waals surface area contributed by atoms with Gasteiger partial charge in [0.05, 0.1) is 7.11 Å². The third kappa shape index (κ3) is 3.01. The lowest BCUT2D eigenvalue weighted by Crippen LogP contribution is -2.41. The van der Waals surface area contributed by atoms with Crippen LogP contribution in [-0.4, -0.2) is 18.6 Å². The van der Waals surface area contributed by atoms with Crippen LogP contribution < -0.4 is 9.47 Å². The molecule has 0 amide bonds. The normalized spacial score (nSPS) is 17.7. The van der Waals surface area contributed by atoms with Crippen LogP contribution in [0.15, 0.2) is 17.7 Å². The van der Waals surface area contributed by atoms with Gasteiger partial charge in [-0.25, -0.2) is 0 Å². The summed E-state index contributed by atoms with van der Waals surface area (Å²) in [7, 11) is 1.59. The second-order valence-corrected chi connectivity index (χ2v) is 7.10. The number of carbonyl (C=O) groups excluding carboxylic acids is 1. The van der Waals surface area contributed by atoms with Gasteiger partial charge in [-0.1, -0.05) is 27.7 Å². The van der Waals surface area contributed by atoms with Crippen LogP contribution in [-0.2, 0) is 4.79 Å². The number of rotatable bonds is 4. The highest BCUT2D eigenvalue weighted by Gasteiger charge is 2.35. The Hall–Kier alpha value is -1.84. The summed E-state index contributed by atoms with van der Waals surface area (Å²) in [5.41, 5.74) is 3.20. The van der Waals surface area contributed by atoms with Gasteiger partial charge in [0, 0.05) is 27.9 Å². The molecule has 0 spiro atoms. The summed E-state index contributed by atoms with van der Waals surface area (Å²) in [5, 5.41) is 10.7. The van der Waals surface area contributed by atoms with Crippen LogP contribution in [0.3, 0.4) is 0 Å². The summed E-state index contributed by atoms with van der Waals surface area (Å²) in [6.45, 7) is 8.39. The Kier molecular flexibility index (Phi) is 4.59. The van der Waals surface area contributed by atoms with Gasteiger partial charge in [0.1, 0.15) is 6.29 Å². The summed E-state index contributed by atoms with van der Waals surface area (Å²) >= 11 is 0. The lowest BCUT2D eigenvalue weighted by Gasteiger charge is -2.30. The van der Waals surface area contributed by atoms with Crippen molar-refractivity contribution in [3.8, 4) is 5.75 Å². The zero-order chi connectivity index (χ0) is 16.5. The van der Waals surface area contributed by atoms with E-state index in [1.54, 1.807) is 7.11 Å². The maximum absolute atomic E-state index is 11.6. The molecular formula is C18H26NO3+. The van der Waals surface area contributed by atoms with Crippen molar-refractivity contribution < 1.29 is 19.5 Å². The van der Waals surface area contributed by atoms with Gasteiger partial charge >= 0.3 is 5.69 Å². The molecule has 1 N–H and O–H groups in total. The molecule has 4 heteroatoms. The number of pyridine rings is 1. The predicted molar refractivity (Wildman–Crippen MR) is 85.1 cm³/mol. The average molecular weight is 304 g/mol. The minimum Gasteiger partial charge on any atom is -0.490 e. The van der Waals surface area contributed by atoms with E-state index in [1.165, 1.54) is 4.73 Å². The van der Waals surface area contributed by atoms with E-state index < -0.39 is 0 Å². The minimum absolute atomic E-state index is 0.114. The third-order valence-electron chi connectivity index (χ3n) is 4.44. The Morgan fingerprint density at radius 3 is 2.59 bits per heavy atom. The highest BCUT2D eigenvalue weighted by atomic mass is 16.5. The number of ether oxygens (including phenoxy) is 1. The fourth-order valence-corrected chi connectivity index (χ4v) is 3.14. The molecule has 1 aliphatic carbocycles. The van der Waals surface area contributed by atoms with E-state index in [4.69, 9.17) is 4.74 Å². The average Bonchev–Trinajstić information content (AvgIpc) is 2.46. The maximum atomic E-state index is 11.6. The van der Waals surface area contributed by atoms with Crippen LogP contribution in [0.4, 0.5) is 0 Å². The van der Waals surface area contributed by atoms with Crippen molar-refractivity contribution in [3.63, 3.8) is 0 Å². The fraction of sp³-hybridized carbons (Fsp3) is 0.556. The molecule has 0 saturated carbocycles. The highest BCUT2D eigenvalue weighted by molar-refractivity contribution is 5.88. The second-order valence-electron chi connectivity index (χ2n) is 7.10. The van der Waals surface area contributed by atoms with Crippen molar-refractivity contribution >= 4 is 11.9 Å². The van der Waals surface area contributed by atoms with Gasteiger partial charge in [-0.3, -0.25) is 10.0 Å². The van der Waals surface area contributed by atoms with Gasteiger partial charge in [-0.05, 0) is 30.7 Å². The number of hydrogen-bond acceptors (Lipinski definition) is 3. The van der Waals surface area contributed by atoms with Crippen LogP contribution in [0.1, 0.15) is 64.3 Å². The Morgan fingerprint density at radius 2 is 2.05 bits per heavy atom. The standard InChI is InChI=1S/C18H26NO3/c1-12(2)15-6-7-16(22-5)17(19(15)21)14-8-9-18(3,4)10-13(14)11-20/h6-7,11-12,21H,8-10H2,1-5H3/q+1. The molecule has 0 bridgehead atoms. The predicted octanol–water partition coefficient (Wildman–Crippen LogP) is 3.51. The van der Waals surface area contributed by atoms with E-state index in [-0.39, 0.29) is 11.3 Å². The molecule has 0 aromatic carbocycles. The molecule has 22 heavy (non-hydrogen) atoms. The summed E-state index contributed by atoms with van der Waals surface area (Å²) < 4.78 is 6.62. The summed E-state index contributed by atoms with van der Waals surface area (Å²) in [4.78, 5) is 11.6.